The summed E-state index contributed by atoms with van der Waals surface area (Å²) in [5.41, 5.74) is 1.19. The molecular formula is C22H22IN3O3S. The van der Waals surface area contributed by atoms with Crippen molar-refractivity contribution in [3.8, 4) is 11.4 Å². The Labute approximate surface area is 192 Å². The molecule has 1 fully saturated rings. The van der Waals surface area contributed by atoms with E-state index in [1.807, 2.05) is 47.4 Å². The van der Waals surface area contributed by atoms with E-state index in [-0.39, 0.29) is 17.2 Å². The number of carbonyl (C=O) groups excluding carboxylic acids is 1. The van der Waals surface area contributed by atoms with Crippen molar-refractivity contribution in [2.24, 2.45) is 0 Å². The van der Waals surface area contributed by atoms with E-state index < -0.39 is 0 Å². The number of methoxy groups -OCH3 is 1. The molecule has 1 aliphatic rings. The van der Waals surface area contributed by atoms with E-state index >= 15 is 0 Å². The van der Waals surface area contributed by atoms with Crippen LogP contribution in [-0.2, 0) is 4.79 Å². The molecule has 2 heterocycles. The Balaban J connectivity index is 1.73. The van der Waals surface area contributed by atoms with Crippen molar-refractivity contribution in [2.45, 2.75) is 24.4 Å². The Morgan fingerprint density at radius 2 is 1.87 bits per heavy atom. The number of halogens is 1. The quantitative estimate of drug-likeness (QED) is 0.280. The number of hydrogen-bond acceptors (Lipinski definition) is 5. The second kappa shape index (κ2) is 9.38. The molecule has 156 valence electrons. The number of piperidine rings is 1. The summed E-state index contributed by atoms with van der Waals surface area (Å²) in [5.74, 6) is 1.07. The number of fused-ring (bicyclic) bond motifs is 1. The lowest BCUT2D eigenvalue weighted by atomic mass is 10.1. The van der Waals surface area contributed by atoms with E-state index in [1.54, 1.807) is 11.7 Å². The van der Waals surface area contributed by atoms with Crippen molar-refractivity contribution in [3.05, 3.63) is 56.4 Å². The second-order valence-corrected chi connectivity index (χ2v) is 9.31. The summed E-state index contributed by atoms with van der Waals surface area (Å²) >= 11 is 3.51. The minimum Gasteiger partial charge on any atom is -0.497 e. The standard InChI is InChI=1S/C22H22IN3O3S/c1-29-17-8-6-16(7-9-17)26-21(28)18-13-15(23)5-10-19(18)24-22(26)30-14-20(27)25-11-3-2-4-12-25/h5-10,13H,2-4,11-12,14H2,1H3. The average Bonchev–Trinajstić information content (AvgIpc) is 2.79. The fraction of sp³-hybridized carbons (Fsp3) is 0.318. The van der Waals surface area contributed by atoms with E-state index in [9.17, 15) is 9.59 Å². The van der Waals surface area contributed by atoms with Gasteiger partial charge in [0.05, 0.1) is 29.5 Å². The number of nitrogens with zero attached hydrogens (tertiary/aromatic N) is 3. The molecule has 0 radical (unpaired) electrons. The lowest BCUT2D eigenvalue weighted by Gasteiger charge is -2.26. The van der Waals surface area contributed by atoms with Crippen molar-refractivity contribution in [3.63, 3.8) is 0 Å². The summed E-state index contributed by atoms with van der Waals surface area (Å²) in [7, 11) is 1.61. The summed E-state index contributed by atoms with van der Waals surface area (Å²) in [5, 5.41) is 1.08. The van der Waals surface area contributed by atoms with Crippen molar-refractivity contribution >= 4 is 51.2 Å². The molecule has 0 saturated carbocycles. The fourth-order valence-corrected chi connectivity index (χ4v) is 4.96. The molecule has 0 aliphatic carbocycles. The van der Waals surface area contributed by atoms with Gasteiger partial charge in [-0.05, 0) is 84.3 Å². The minimum atomic E-state index is -0.142. The third-order valence-electron chi connectivity index (χ3n) is 5.16. The highest BCUT2D eigenvalue weighted by molar-refractivity contribution is 14.1. The number of carbonyl (C=O) groups is 1. The first-order chi connectivity index (χ1) is 14.6. The molecule has 2 aromatic carbocycles. The van der Waals surface area contributed by atoms with Gasteiger partial charge in [-0.15, -0.1) is 0 Å². The molecule has 3 aromatic rings. The number of likely N-dealkylation sites (tertiary alicyclic amines) is 1. The van der Waals surface area contributed by atoms with E-state index in [0.717, 1.165) is 29.5 Å². The molecule has 1 aromatic heterocycles. The van der Waals surface area contributed by atoms with Crippen molar-refractivity contribution in [1.82, 2.24) is 14.5 Å². The molecule has 1 aliphatic heterocycles. The molecule has 8 heteroatoms. The van der Waals surface area contributed by atoms with E-state index in [4.69, 9.17) is 9.72 Å². The average molecular weight is 535 g/mol. The summed E-state index contributed by atoms with van der Waals surface area (Å²) < 4.78 is 7.80. The van der Waals surface area contributed by atoms with Crippen LogP contribution in [-0.4, -0.2) is 46.3 Å². The highest BCUT2D eigenvalue weighted by Gasteiger charge is 2.19. The summed E-state index contributed by atoms with van der Waals surface area (Å²) in [6.45, 7) is 1.63. The molecule has 1 saturated heterocycles. The lowest BCUT2D eigenvalue weighted by molar-refractivity contribution is -0.129. The molecule has 0 N–H and O–H groups in total. The van der Waals surface area contributed by atoms with Crippen LogP contribution >= 0.6 is 34.4 Å². The smallest absolute Gasteiger partial charge is 0.266 e. The molecule has 0 unspecified atom stereocenters. The van der Waals surface area contributed by atoms with Crippen LogP contribution in [0.25, 0.3) is 16.6 Å². The van der Waals surface area contributed by atoms with Gasteiger partial charge in [-0.2, -0.15) is 0 Å². The largest absolute Gasteiger partial charge is 0.497 e. The maximum Gasteiger partial charge on any atom is 0.266 e. The first kappa shape index (κ1) is 21.2. The van der Waals surface area contributed by atoms with Crippen LogP contribution < -0.4 is 10.3 Å². The predicted molar refractivity (Wildman–Crippen MR) is 128 cm³/mol. The van der Waals surface area contributed by atoms with Crippen molar-refractivity contribution in [2.75, 3.05) is 26.0 Å². The molecule has 4 rings (SSSR count). The number of aromatic nitrogens is 2. The molecule has 0 atom stereocenters. The maximum absolute atomic E-state index is 13.4. The van der Waals surface area contributed by atoms with Crippen molar-refractivity contribution in [1.29, 1.82) is 0 Å². The van der Waals surface area contributed by atoms with Crippen LogP contribution in [0.1, 0.15) is 19.3 Å². The molecule has 0 bridgehead atoms. The number of hydrogen-bond donors (Lipinski definition) is 0. The Hall–Kier alpha value is -2.07. The van der Waals surface area contributed by atoms with Crippen molar-refractivity contribution < 1.29 is 9.53 Å². The third-order valence-corrected chi connectivity index (χ3v) is 6.76. The normalized spacial score (nSPS) is 14.1. The summed E-state index contributed by atoms with van der Waals surface area (Å²) in [6, 6.07) is 12.9. The monoisotopic (exact) mass is 535 g/mol. The van der Waals surface area contributed by atoms with Crippen LogP contribution in [0.2, 0.25) is 0 Å². The number of rotatable bonds is 5. The summed E-state index contributed by atoms with van der Waals surface area (Å²) in [4.78, 5) is 32.7. The van der Waals surface area contributed by atoms with Crippen LogP contribution in [0.5, 0.6) is 5.75 Å². The van der Waals surface area contributed by atoms with Crippen LogP contribution in [0.4, 0.5) is 0 Å². The number of thioether (sulfide) groups is 1. The first-order valence-electron chi connectivity index (χ1n) is 9.84. The van der Waals surface area contributed by atoms with E-state index in [0.29, 0.717) is 27.5 Å². The minimum absolute atomic E-state index is 0.0953. The van der Waals surface area contributed by atoms with E-state index in [2.05, 4.69) is 22.6 Å². The number of benzene rings is 2. The second-order valence-electron chi connectivity index (χ2n) is 7.12. The first-order valence-corrected chi connectivity index (χ1v) is 11.9. The van der Waals surface area contributed by atoms with Gasteiger partial charge in [0.15, 0.2) is 5.16 Å². The zero-order valence-corrected chi connectivity index (χ0v) is 19.6. The van der Waals surface area contributed by atoms with Crippen LogP contribution in [0.3, 0.4) is 0 Å². The Morgan fingerprint density at radius 1 is 1.13 bits per heavy atom. The van der Waals surface area contributed by atoms with Crippen LogP contribution in [0.15, 0.2) is 52.4 Å². The molecule has 30 heavy (non-hydrogen) atoms. The topological polar surface area (TPSA) is 64.4 Å². The van der Waals surface area contributed by atoms with Gasteiger partial charge in [0, 0.05) is 16.7 Å². The van der Waals surface area contributed by atoms with Gasteiger partial charge in [-0.3, -0.25) is 14.2 Å². The van der Waals surface area contributed by atoms with Gasteiger partial charge in [0.2, 0.25) is 5.91 Å². The Kier molecular flexibility index (Phi) is 6.62. The Bertz CT molecular complexity index is 1120. The van der Waals surface area contributed by atoms with Gasteiger partial charge in [-0.1, -0.05) is 11.8 Å². The fourth-order valence-electron chi connectivity index (χ4n) is 3.55. The van der Waals surface area contributed by atoms with Gasteiger partial charge in [0.1, 0.15) is 5.75 Å². The zero-order valence-electron chi connectivity index (χ0n) is 16.6. The van der Waals surface area contributed by atoms with Gasteiger partial charge >= 0.3 is 0 Å². The maximum atomic E-state index is 13.4. The Morgan fingerprint density at radius 3 is 2.57 bits per heavy atom. The number of ether oxygens (including phenoxy) is 1. The summed E-state index contributed by atoms with van der Waals surface area (Å²) in [6.07, 6.45) is 3.29. The molecule has 0 spiro atoms. The lowest BCUT2D eigenvalue weighted by Crippen LogP contribution is -2.36. The van der Waals surface area contributed by atoms with Gasteiger partial charge < -0.3 is 9.64 Å². The van der Waals surface area contributed by atoms with Gasteiger partial charge in [-0.25, -0.2) is 4.98 Å². The van der Waals surface area contributed by atoms with Gasteiger partial charge in [0.25, 0.3) is 5.56 Å². The predicted octanol–water partition coefficient (Wildman–Crippen LogP) is 4.10. The van der Waals surface area contributed by atoms with Crippen LogP contribution in [0, 0.1) is 3.57 Å². The molecule has 6 nitrogen and oxygen atoms in total. The zero-order chi connectivity index (χ0) is 21.1. The van der Waals surface area contributed by atoms with E-state index in [1.165, 1.54) is 18.2 Å². The molecular weight excluding hydrogens is 513 g/mol. The third kappa shape index (κ3) is 4.49. The highest BCUT2D eigenvalue weighted by Crippen LogP contribution is 2.24. The molecule has 1 amide bonds. The SMILES string of the molecule is COc1ccc(-n2c(SCC(=O)N3CCCCC3)nc3ccc(I)cc3c2=O)cc1. The number of amides is 1. The highest BCUT2D eigenvalue weighted by atomic mass is 127.